The van der Waals surface area contributed by atoms with E-state index in [0.717, 1.165) is 4.47 Å². The number of nitrogen functional groups attached to an aromatic ring is 1. The molecule has 0 fully saturated rings. The standard InChI is InChI=1S/C16H17BrN2O2/c1-3-19(14-7-5-4-6-13(14)18)16(20)12-9-8-11(17)10-15(12)21-2/h4-10H,3,18H2,1-2H3. The quantitative estimate of drug-likeness (QED) is 0.857. The van der Waals surface area contributed by atoms with Crippen molar-refractivity contribution in [2.75, 3.05) is 24.3 Å². The van der Waals surface area contributed by atoms with Crippen molar-refractivity contribution in [3.05, 3.63) is 52.5 Å². The molecule has 0 radical (unpaired) electrons. The molecule has 0 saturated heterocycles. The molecule has 4 nitrogen and oxygen atoms in total. The van der Waals surface area contributed by atoms with Crippen LogP contribution in [0.15, 0.2) is 46.9 Å². The number of hydrogen-bond donors (Lipinski definition) is 1. The number of rotatable bonds is 4. The van der Waals surface area contributed by atoms with E-state index in [-0.39, 0.29) is 5.91 Å². The lowest BCUT2D eigenvalue weighted by molar-refractivity contribution is 0.0985. The Morgan fingerprint density at radius 3 is 2.62 bits per heavy atom. The predicted octanol–water partition coefficient (Wildman–Crippen LogP) is 3.71. The maximum absolute atomic E-state index is 12.8. The number of benzene rings is 2. The molecule has 110 valence electrons. The largest absolute Gasteiger partial charge is 0.496 e. The highest BCUT2D eigenvalue weighted by atomic mass is 79.9. The van der Waals surface area contributed by atoms with E-state index >= 15 is 0 Å². The number of amides is 1. The van der Waals surface area contributed by atoms with E-state index in [1.807, 2.05) is 31.2 Å². The van der Waals surface area contributed by atoms with Gasteiger partial charge in [0.25, 0.3) is 5.91 Å². The third-order valence-electron chi connectivity index (χ3n) is 3.18. The second kappa shape index (κ2) is 6.63. The number of anilines is 2. The minimum absolute atomic E-state index is 0.139. The zero-order valence-corrected chi connectivity index (χ0v) is 13.6. The van der Waals surface area contributed by atoms with Gasteiger partial charge in [-0.3, -0.25) is 4.79 Å². The molecular weight excluding hydrogens is 332 g/mol. The monoisotopic (exact) mass is 348 g/mol. The molecule has 2 aromatic carbocycles. The summed E-state index contributed by atoms with van der Waals surface area (Å²) < 4.78 is 6.16. The molecule has 0 atom stereocenters. The third-order valence-corrected chi connectivity index (χ3v) is 3.68. The normalized spacial score (nSPS) is 10.2. The van der Waals surface area contributed by atoms with Crippen LogP contribution in [0.2, 0.25) is 0 Å². The molecule has 0 aliphatic carbocycles. The highest BCUT2D eigenvalue weighted by Crippen LogP contribution is 2.29. The summed E-state index contributed by atoms with van der Waals surface area (Å²) in [5, 5.41) is 0. The Morgan fingerprint density at radius 2 is 2.00 bits per heavy atom. The summed E-state index contributed by atoms with van der Waals surface area (Å²) in [6.07, 6.45) is 0. The molecule has 5 heteroatoms. The van der Waals surface area contributed by atoms with Crippen LogP contribution in [0.4, 0.5) is 11.4 Å². The summed E-state index contributed by atoms with van der Waals surface area (Å²) in [5.41, 5.74) is 7.76. The topological polar surface area (TPSA) is 55.6 Å². The fourth-order valence-corrected chi connectivity index (χ4v) is 2.48. The first-order valence-corrected chi connectivity index (χ1v) is 7.37. The molecule has 0 unspecified atom stereocenters. The molecule has 0 aliphatic heterocycles. The lowest BCUT2D eigenvalue weighted by atomic mass is 10.1. The lowest BCUT2D eigenvalue weighted by Gasteiger charge is -2.23. The van der Waals surface area contributed by atoms with Gasteiger partial charge >= 0.3 is 0 Å². The number of ether oxygens (including phenoxy) is 1. The van der Waals surface area contributed by atoms with Gasteiger partial charge in [-0.15, -0.1) is 0 Å². The van der Waals surface area contributed by atoms with Crippen LogP contribution in [0.1, 0.15) is 17.3 Å². The Balaban J connectivity index is 2.44. The van der Waals surface area contributed by atoms with Gasteiger partial charge in [0.1, 0.15) is 5.75 Å². The molecule has 0 spiro atoms. The molecule has 0 heterocycles. The first-order valence-electron chi connectivity index (χ1n) is 6.58. The van der Waals surface area contributed by atoms with Crippen molar-refractivity contribution in [2.24, 2.45) is 0 Å². The van der Waals surface area contributed by atoms with Crippen LogP contribution < -0.4 is 15.4 Å². The summed E-state index contributed by atoms with van der Waals surface area (Å²) in [5.74, 6) is 0.391. The van der Waals surface area contributed by atoms with Crippen LogP contribution in [0.25, 0.3) is 0 Å². The zero-order chi connectivity index (χ0) is 15.4. The second-order valence-corrected chi connectivity index (χ2v) is 5.37. The van der Waals surface area contributed by atoms with Crippen molar-refractivity contribution >= 4 is 33.2 Å². The lowest BCUT2D eigenvalue weighted by Crippen LogP contribution is -2.31. The van der Waals surface area contributed by atoms with Gasteiger partial charge in [-0.25, -0.2) is 0 Å². The van der Waals surface area contributed by atoms with Gasteiger partial charge in [0.05, 0.1) is 24.0 Å². The van der Waals surface area contributed by atoms with Gasteiger partial charge in [0.2, 0.25) is 0 Å². The molecule has 1 amide bonds. The van der Waals surface area contributed by atoms with Gasteiger partial charge < -0.3 is 15.4 Å². The van der Waals surface area contributed by atoms with E-state index in [0.29, 0.717) is 29.2 Å². The Kier molecular flexibility index (Phi) is 4.85. The fraction of sp³-hybridized carbons (Fsp3) is 0.188. The van der Waals surface area contributed by atoms with Crippen molar-refractivity contribution in [1.82, 2.24) is 0 Å². The van der Waals surface area contributed by atoms with Crippen molar-refractivity contribution in [3.8, 4) is 5.75 Å². The van der Waals surface area contributed by atoms with Gasteiger partial charge in [0.15, 0.2) is 0 Å². The number of hydrogen-bond acceptors (Lipinski definition) is 3. The first-order chi connectivity index (χ1) is 10.1. The summed E-state index contributed by atoms with van der Waals surface area (Å²) in [6, 6.07) is 12.7. The highest BCUT2D eigenvalue weighted by molar-refractivity contribution is 9.10. The Bertz CT molecular complexity index is 658. The van der Waals surface area contributed by atoms with Crippen LogP contribution in [-0.4, -0.2) is 19.6 Å². The van der Waals surface area contributed by atoms with Gasteiger partial charge in [-0.05, 0) is 37.3 Å². The molecule has 2 aromatic rings. The SMILES string of the molecule is CCN(C(=O)c1ccc(Br)cc1OC)c1ccccc1N. The van der Waals surface area contributed by atoms with Crippen molar-refractivity contribution in [3.63, 3.8) is 0 Å². The maximum atomic E-state index is 12.8. The summed E-state index contributed by atoms with van der Waals surface area (Å²) in [7, 11) is 1.55. The predicted molar refractivity (Wildman–Crippen MR) is 88.9 cm³/mol. The molecule has 0 bridgehead atoms. The van der Waals surface area contributed by atoms with Crippen molar-refractivity contribution < 1.29 is 9.53 Å². The van der Waals surface area contributed by atoms with E-state index in [9.17, 15) is 4.79 Å². The van der Waals surface area contributed by atoms with Gasteiger partial charge in [0, 0.05) is 11.0 Å². The molecular formula is C16H17BrN2O2. The summed E-state index contributed by atoms with van der Waals surface area (Å²) in [4.78, 5) is 14.4. The second-order valence-electron chi connectivity index (χ2n) is 4.45. The summed E-state index contributed by atoms with van der Waals surface area (Å²) in [6.45, 7) is 2.43. The maximum Gasteiger partial charge on any atom is 0.262 e. The molecule has 0 aromatic heterocycles. The Hall–Kier alpha value is -2.01. The number of halogens is 1. The molecule has 0 saturated carbocycles. The zero-order valence-electron chi connectivity index (χ0n) is 12.0. The van der Waals surface area contributed by atoms with Gasteiger partial charge in [-0.1, -0.05) is 28.1 Å². The van der Waals surface area contributed by atoms with Crippen LogP contribution in [0.5, 0.6) is 5.75 Å². The molecule has 2 rings (SSSR count). The minimum atomic E-state index is -0.139. The number of nitrogens with two attached hydrogens (primary N) is 1. The van der Waals surface area contributed by atoms with Crippen molar-refractivity contribution in [1.29, 1.82) is 0 Å². The minimum Gasteiger partial charge on any atom is -0.496 e. The van der Waals surface area contributed by atoms with Gasteiger partial charge in [-0.2, -0.15) is 0 Å². The first kappa shape index (κ1) is 15.4. The summed E-state index contributed by atoms with van der Waals surface area (Å²) >= 11 is 3.37. The smallest absolute Gasteiger partial charge is 0.262 e. The number of methoxy groups -OCH3 is 1. The number of nitrogens with zero attached hydrogens (tertiary/aromatic N) is 1. The van der Waals surface area contributed by atoms with E-state index in [2.05, 4.69) is 15.9 Å². The van der Waals surface area contributed by atoms with Crippen LogP contribution in [0.3, 0.4) is 0 Å². The van der Waals surface area contributed by atoms with Crippen LogP contribution >= 0.6 is 15.9 Å². The Labute approximate surface area is 132 Å². The fourth-order valence-electron chi connectivity index (χ4n) is 2.14. The number of carbonyl (C=O) groups excluding carboxylic acids is 1. The number of para-hydroxylation sites is 2. The highest BCUT2D eigenvalue weighted by Gasteiger charge is 2.21. The molecule has 2 N–H and O–H groups in total. The van der Waals surface area contributed by atoms with Crippen LogP contribution in [-0.2, 0) is 0 Å². The van der Waals surface area contributed by atoms with E-state index in [4.69, 9.17) is 10.5 Å². The molecule has 21 heavy (non-hydrogen) atoms. The van der Waals surface area contributed by atoms with Crippen LogP contribution in [0, 0.1) is 0 Å². The average Bonchev–Trinajstić information content (AvgIpc) is 2.49. The Morgan fingerprint density at radius 1 is 1.29 bits per heavy atom. The van der Waals surface area contributed by atoms with E-state index in [1.54, 1.807) is 30.2 Å². The van der Waals surface area contributed by atoms with E-state index in [1.165, 1.54) is 0 Å². The number of carbonyl (C=O) groups is 1. The average molecular weight is 349 g/mol. The van der Waals surface area contributed by atoms with Crippen molar-refractivity contribution in [2.45, 2.75) is 6.92 Å². The van der Waals surface area contributed by atoms with E-state index < -0.39 is 0 Å². The third kappa shape index (κ3) is 3.19. The molecule has 0 aliphatic rings.